The van der Waals surface area contributed by atoms with Crippen molar-refractivity contribution in [2.45, 2.75) is 19.4 Å². The first-order chi connectivity index (χ1) is 8.42. The molecule has 3 nitrogen and oxygen atoms in total. The van der Waals surface area contributed by atoms with Crippen LogP contribution in [0.3, 0.4) is 0 Å². The lowest BCUT2D eigenvalue weighted by Crippen LogP contribution is -2.15. The van der Waals surface area contributed by atoms with Gasteiger partial charge in [-0.15, -0.1) is 0 Å². The van der Waals surface area contributed by atoms with Gasteiger partial charge in [0.2, 0.25) is 0 Å². The molecule has 0 aliphatic heterocycles. The minimum atomic E-state index is 0.278. The molecule has 0 saturated carbocycles. The molecule has 1 aromatic heterocycles. The highest BCUT2D eigenvalue weighted by molar-refractivity contribution is 5.81. The van der Waals surface area contributed by atoms with E-state index in [1.165, 1.54) is 10.9 Å². The number of benzene rings is 1. The molecule has 0 fully saturated rings. The van der Waals surface area contributed by atoms with E-state index in [0.717, 1.165) is 31.4 Å². The number of aliphatic hydroxyl groups excluding tert-OH is 1. The molecule has 17 heavy (non-hydrogen) atoms. The van der Waals surface area contributed by atoms with E-state index in [1.54, 1.807) is 0 Å². The first-order valence-electron chi connectivity index (χ1n) is 6.06. The molecule has 0 bridgehead atoms. The minimum Gasteiger partial charge on any atom is -0.396 e. The quantitative estimate of drug-likeness (QED) is 0.747. The number of pyridine rings is 1. The Labute approximate surface area is 102 Å². The Balaban J connectivity index is 1.98. The Morgan fingerprint density at radius 1 is 1.12 bits per heavy atom. The van der Waals surface area contributed by atoms with Crippen LogP contribution in [0.1, 0.15) is 18.4 Å². The van der Waals surface area contributed by atoms with Gasteiger partial charge in [-0.05, 0) is 37.1 Å². The van der Waals surface area contributed by atoms with E-state index >= 15 is 0 Å². The zero-order valence-corrected chi connectivity index (χ0v) is 9.89. The standard InChI is InChI=1S/C14H18N2O/c17-10-4-3-8-15-11-12-7-9-16-14-6-2-1-5-13(12)14/h1-2,5-7,9,15,17H,3-4,8,10-11H2. The zero-order valence-electron chi connectivity index (χ0n) is 9.89. The highest BCUT2D eigenvalue weighted by Gasteiger charge is 2.00. The van der Waals surface area contributed by atoms with Crippen LogP contribution >= 0.6 is 0 Å². The Hall–Kier alpha value is -1.45. The third-order valence-corrected chi connectivity index (χ3v) is 2.82. The molecule has 1 heterocycles. The van der Waals surface area contributed by atoms with E-state index < -0.39 is 0 Å². The van der Waals surface area contributed by atoms with Gasteiger partial charge in [-0.2, -0.15) is 0 Å². The van der Waals surface area contributed by atoms with E-state index in [1.807, 2.05) is 24.4 Å². The van der Waals surface area contributed by atoms with E-state index in [9.17, 15) is 0 Å². The van der Waals surface area contributed by atoms with Gasteiger partial charge in [0.25, 0.3) is 0 Å². The van der Waals surface area contributed by atoms with Crippen molar-refractivity contribution in [1.82, 2.24) is 10.3 Å². The van der Waals surface area contributed by atoms with Gasteiger partial charge in [-0.3, -0.25) is 4.98 Å². The molecule has 2 N–H and O–H groups in total. The minimum absolute atomic E-state index is 0.278. The molecule has 0 saturated heterocycles. The lowest BCUT2D eigenvalue weighted by Gasteiger charge is -2.07. The van der Waals surface area contributed by atoms with Crippen molar-refractivity contribution in [3.8, 4) is 0 Å². The molecule has 0 unspecified atom stereocenters. The molecule has 0 atom stereocenters. The van der Waals surface area contributed by atoms with Crippen LogP contribution in [0.25, 0.3) is 10.9 Å². The Kier molecular flexibility index (Phi) is 4.47. The predicted octanol–water partition coefficient (Wildman–Crippen LogP) is 2.10. The molecule has 90 valence electrons. The second-order valence-corrected chi connectivity index (χ2v) is 4.09. The first-order valence-corrected chi connectivity index (χ1v) is 6.06. The molecule has 0 aliphatic carbocycles. The third kappa shape index (κ3) is 3.25. The van der Waals surface area contributed by atoms with Gasteiger partial charge >= 0.3 is 0 Å². The molecular weight excluding hydrogens is 212 g/mol. The lowest BCUT2D eigenvalue weighted by atomic mass is 10.1. The number of aliphatic hydroxyl groups is 1. The predicted molar refractivity (Wildman–Crippen MR) is 69.8 cm³/mol. The monoisotopic (exact) mass is 230 g/mol. The summed E-state index contributed by atoms with van der Waals surface area (Å²) in [6, 6.07) is 10.2. The summed E-state index contributed by atoms with van der Waals surface area (Å²) in [6.45, 7) is 2.07. The third-order valence-electron chi connectivity index (χ3n) is 2.82. The van der Waals surface area contributed by atoms with Gasteiger partial charge in [-0.1, -0.05) is 18.2 Å². The van der Waals surface area contributed by atoms with Crippen molar-refractivity contribution in [3.05, 3.63) is 42.1 Å². The molecule has 0 amide bonds. The molecule has 2 rings (SSSR count). The molecule has 2 aromatic rings. The van der Waals surface area contributed by atoms with Crippen LogP contribution < -0.4 is 5.32 Å². The molecule has 3 heteroatoms. The summed E-state index contributed by atoms with van der Waals surface area (Å²) in [4.78, 5) is 4.34. The van der Waals surface area contributed by atoms with Gasteiger partial charge in [0.1, 0.15) is 0 Å². The van der Waals surface area contributed by atoms with Crippen LogP contribution in [0.2, 0.25) is 0 Å². The molecule has 0 spiro atoms. The van der Waals surface area contributed by atoms with Crippen LogP contribution in [0.4, 0.5) is 0 Å². The number of rotatable bonds is 6. The maximum atomic E-state index is 8.69. The normalized spacial score (nSPS) is 10.9. The smallest absolute Gasteiger partial charge is 0.0705 e. The number of aromatic nitrogens is 1. The van der Waals surface area contributed by atoms with Crippen molar-refractivity contribution < 1.29 is 5.11 Å². The van der Waals surface area contributed by atoms with Gasteiger partial charge in [-0.25, -0.2) is 0 Å². The molecule has 0 aliphatic rings. The van der Waals surface area contributed by atoms with Crippen molar-refractivity contribution in [2.24, 2.45) is 0 Å². The Bertz CT molecular complexity index is 465. The van der Waals surface area contributed by atoms with E-state index in [4.69, 9.17) is 5.11 Å². The highest BCUT2D eigenvalue weighted by Crippen LogP contribution is 2.15. The maximum Gasteiger partial charge on any atom is 0.0705 e. The van der Waals surface area contributed by atoms with Crippen LogP contribution in [0, 0.1) is 0 Å². The number of fused-ring (bicyclic) bond motifs is 1. The Morgan fingerprint density at radius 3 is 2.88 bits per heavy atom. The topological polar surface area (TPSA) is 45.1 Å². The Morgan fingerprint density at radius 2 is 2.00 bits per heavy atom. The van der Waals surface area contributed by atoms with Crippen LogP contribution in [-0.2, 0) is 6.54 Å². The summed E-state index contributed by atoms with van der Waals surface area (Å²) in [5.74, 6) is 0. The summed E-state index contributed by atoms with van der Waals surface area (Å²) in [5, 5.41) is 13.3. The summed E-state index contributed by atoms with van der Waals surface area (Å²) < 4.78 is 0. The number of para-hydroxylation sites is 1. The number of nitrogens with zero attached hydrogens (tertiary/aromatic N) is 1. The fourth-order valence-electron chi connectivity index (χ4n) is 1.89. The highest BCUT2D eigenvalue weighted by atomic mass is 16.2. The zero-order chi connectivity index (χ0) is 11.9. The van der Waals surface area contributed by atoms with Crippen LogP contribution in [-0.4, -0.2) is 23.2 Å². The molecule has 0 radical (unpaired) electrons. The lowest BCUT2D eigenvalue weighted by molar-refractivity contribution is 0.283. The largest absolute Gasteiger partial charge is 0.396 e. The van der Waals surface area contributed by atoms with Crippen LogP contribution in [0.5, 0.6) is 0 Å². The number of unbranched alkanes of at least 4 members (excludes halogenated alkanes) is 1. The summed E-state index contributed by atoms with van der Waals surface area (Å²) in [7, 11) is 0. The van der Waals surface area contributed by atoms with Crippen molar-refractivity contribution in [1.29, 1.82) is 0 Å². The molecule has 1 aromatic carbocycles. The van der Waals surface area contributed by atoms with E-state index in [0.29, 0.717) is 0 Å². The summed E-state index contributed by atoms with van der Waals surface area (Å²) in [6.07, 6.45) is 3.73. The summed E-state index contributed by atoms with van der Waals surface area (Å²) in [5.41, 5.74) is 2.32. The van der Waals surface area contributed by atoms with Crippen LogP contribution in [0.15, 0.2) is 36.5 Å². The van der Waals surface area contributed by atoms with Crippen molar-refractivity contribution >= 4 is 10.9 Å². The van der Waals surface area contributed by atoms with Gasteiger partial charge in [0.15, 0.2) is 0 Å². The first kappa shape index (κ1) is 12.0. The van der Waals surface area contributed by atoms with Crippen molar-refractivity contribution in [3.63, 3.8) is 0 Å². The molecular formula is C14H18N2O. The SMILES string of the molecule is OCCCCNCc1ccnc2ccccc12. The number of hydrogen-bond donors (Lipinski definition) is 2. The second kappa shape index (κ2) is 6.33. The average Bonchev–Trinajstić information content (AvgIpc) is 2.39. The average molecular weight is 230 g/mol. The van der Waals surface area contributed by atoms with E-state index in [2.05, 4.69) is 22.4 Å². The van der Waals surface area contributed by atoms with Gasteiger partial charge in [0, 0.05) is 24.7 Å². The van der Waals surface area contributed by atoms with Gasteiger partial charge < -0.3 is 10.4 Å². The fourth-order valence-corrected chi connectivity index (χ4v) is 1.89. The number of hydrogen-bond acceptors (Lipinski definition) is 3. The fraction of sp³-hybridized carbons (Fsp3) is 0.357. The maximum absolute atomic E-state index is 8.69. The summed E-state index contributed by atoms with van der Waals surface area (Å²) >= 11 is 0. The van der Waals surface area contributed by atoms with E-state index in [-0.39, 0.29) is 6.61 Å². The van der Waals surface area contributed by atoms with Crippen molar-refractivity contribution in [2.75, 3.05) is 13.2 Å². The van der Waals surface area contributed by atoms with Gasteiger partial charge in [0.05, 0.1) is 5.52 Å². The second-order valence-electron chi connectivity index (χ2n) is 4.09. The number of nitrogens with one attached hydrogen (secondary N) is 1.